The van der Waals surface area contributed by atoms with Gasteiger partial charge >= 0.3 is 0 Å². The Morgan fingerprint density at radius 3 is 2.63 bits per heavy atom. The van der Waals surface area contributed by atoms with Crippen molar-refractivity contribution in [2.75, 3.05) is 18.5 Å². The molecule has 1 N–H and O–H groups in total. The molecule has 4 rings (SSSR count). The van der Waals surface area contributed by atoms with Crippen LogP contribution in [0.4, 0.5) is 5.82 Å². The maximum Gasteiger partial charge on any atom is 0.230 e. The van der Waals surface area contributed by atoms with E-state index in [4.69, 9.17) is 14.5 Å². The molecule has 0 bridgehead atoms. The fraction of sp³-hybridized carbons (Fsp3) is 0.292. The maximum absolute atomic E-state index is 6.20. The molecule has 0 amide bonds. The summed E-state index contributed by atoms with van der Waals surface area (Å²) >= 11 is 0. The second-order valence-electron chi connectivity index (χ2n) is 7.19. The first-order valence-electron chi connectivity index (χ1n) is 10.4. The number of anilines is 1. The quantitative estimate of drug-likeness (QED) is 0.591. The predicted molar refractivity (Wildman–Crippen MR) is 119 cm³/mol. The third kappa shape index (κ3) is 5.14. The van der Waals surface area contributed by atoms with Gasteiger partial charge in [-0.3, -0.25) is 4.99 Å². The first kappa shape index (κ1) is 19.9. The van der Waals surface area contributed by atoms with Crippen LogP contribution in [0.3, 0.4) is 0 Å². The fourth-order valence-electron chi connectivity index (χ4n) is 3.28. The topological polar surface area (TPSA) is 68.6 Å². The summed E-state index contributed by atoms with van der Waals surface area (Å²) in [6, 6.07) is 17.4. The number of aliphatic imine (C=N–C) groups is 1. The number of nitrogens with zero attached hydrogens (tertiary/aromatic N) is 3. The smallest absolute Gasteiger partial charge is 0.230 e. The van der Waals surface area contributed by atoms with Gasteiger partial charge in [-0.25, -0.2) is 9.97 Å². The number of hydrogen-bond donors (Lipinski definition) is 1. The number of rotatable bonds is 1. The Hall–Kier alpha value is -3.41. The molecule has 0 fully saturated rings. The summed E-state index contributed by atoms with van der Waals surface area (Å²) in [7, 11) is 0. The summed E-state index contributed by atoms with van der Waals surface area (Å²) in [5, 5.41) is 3.37. The van der Waals surface area contributed by atoms with E-state index in [0.717, 1.165) is 55.1 Å². The van der Waals surface area contributed by atoms with Gasteiger partial charge in [0, 0.05) is 18.4 Å². The number of aryl methyl sites for hydroxylation is 1. The van der Waals surface area contributed by atoms with Crippen LogP contribution in [-0.4, -0.2) is 29.0 Å². The van der Waals surface area contributed by atoms with Gasteiger partial charge in [0.25, 0.3) is 0 Å². The van der Waals surface area contributed by atoms with Crippen molar-refractivity contribution in [3.63, 3.8) is 0 Å². The standard InChI is InChI=1S/C24H26N4O2/c1-18-10-8-14-22(27-18)28-23-19-11-9-16-26-24(19)30-21-13-5-4-12-20(21)29-17-7-3-2-6-15-25-23/h4-5,8-14,16H,2-3,6-7,15,17H2,1H3,(H,25,27,28). The van der Waals surface area contributed by atoms with Crippen molar-refractivity contribution in [1.82, 2.24) is 9.97 Å². The summed E-state index contributed by atoms with van der Waals surface area (Å²) in [5.41, 5.74) is 1.72. The third-order valence-corrected chi connectivity index (χ3v) is 4.80. The van der Waals surface area contributed by atoms with Crippen molar-refractivity contribution < 1.29 is 9.47 Å². The highest BCUT2D eigenvalue weighted by Gasteiger charge is 2.16. The Kier molecular flexibility index (Phi) is 6.54. The van der Waals surface area contributed by atoms with Crippen molar-refractivity contribution in [2.24, 2.45) is 4.99 Å². The van der Waals surface area contributed by atoms with Crippen LogP contribution >= 0.6 is 0 Å². The van der Waals surface area contributed by atoms with Gasteiger partial charge in [-0.05, 0) is 62.6 Å². The van der Waals surface area contributed by atoms with E-state index in [0.29, 0.717) is 24.1 Å². The molecule has 6 heteroatoms. The fourth-order valence-corrected chi connectivity index (χ4v) is 3.28. The second-order valence-corrected chi connectivity index (χ2v) is 7.19. The van der Waals surface area contributed by atoms with Gasteiger partial charge in [-0.1, -0.05) is 24.6 Å². The zero-order valence-electron chi connectivity index (χ0n) is 17.2. The Labute approximate surface area is 177 Å². The summed E-state index contributed by atoms with van der Waals surface area (Å²) < 4.78 is 12.2. The molecule has 3 heterocycles. The summed E-state index contributed by atoms with van der Waals surface area (Å²) in [5.74, 6) is 3.28. The van der Waals surface area contributed by atoms with E-state index in [9.17, 15) is 0 Å². The van der Waals surface area contributed by atoms with Crippen molar-refractivity contribution >= 4 is 11.7 Å². The number of ether oxygens (including phenoxy) is 2. The Morgan fingerprint density at radius 1 is 0.867 bits per heavy atom. The molecule has 0 aliphatic carbocycles. The molecule has 1 aliphatic rings. The lowest BCUT2D eigenvalue weighted by Gasteiger charge is -2.16. The van der Waals surface area contributed by atoms with Crippen molar-refractivity contribution in [3.05, 3.63) is 72.1 Å². The number of hydrogen-bond acceptors (Lipinski definition) is 6. The number of nitrogens with one attached hydrogen (secondary N) is 1. The second kappa shape index (κ2) is 9.87. The molecule has 0 saturated carbocycles. The first-order valence-corrected chi connectivity index (χ1v) is 10.4. The Bertz CT molecular complexity index is 1020. The Morgan fingerprint density at radius 2 is 1.73 bits per heavy atom. The molecule has 0 radical (unpaired) electrons. The number of aromatic nitrogens is 2. The van der Waals surface area contributed by atoms with E-state index >= 15 is 0 Å². The molecule has 0 saturated heterocycles. The third-order valence-electron chi connectivity index (χ3n) is 4.80. The van der Waals surface area contributed by atoms with E-state index in [-0.39, 0.29) is 0 Å². The summed E-state index contributed by atoms with van der Waals surface area (Å²) in [6.45, 7) is 3.36. The lowest BCUT2D eigenvalue weighted by atomic mass is 10.2. The van der Waals surface area contributed by atoms with Gasteiger partial charge in [-0.15, -0.1) is 0 Å². The zero-order valence-corrected chi connectivity index (χ0v) is 17.2. The maximum atomic E-state index is 6.20. The summed E-state index contributed by atoms with van der Waals surface area (Å²) in [4.78, 5) is 13.9. The van der Waals surface area contributed by atoms with Crippen LogP contribution in [0.1, 0.15) is 36.9 Å². The van der Waals surface area contributed by atoms with Crippen LogP contribution in [0.25, 0.3) is 0 Å². The van der Waals surface area contributed by atoms with Gasteiger partial charge < -0.3 is 14.8 Å². The summed E-state index contributed by atoms with van der Waals surface area (Å²) in [6.07, 6.45) is 5.96. The molecule has 0 unspecified atom stereocenters. The molecule has 6 nitrogen and oxygen atoms in total. The first-order chi connectivity index (χ1) is 14.8. The van der Waals surface area contributed by atoms with E-state index in [1.807, 2.05) is 61.5 Å². The van der Waals surface area contributed by atoms with Crippen molar-refractivity contribution in [2.45, 2.75) is 32.6 Å². The molecule has 1 aromatic carbocycles. The lowest BCUT2D eigenvalue weighted by Crippen LogP contribution is -2.17. The van der Waals surface area contributed by atoms with Crippen molar-refractivity contribution in [1.29, 1.82) is 0 Å². The predicted octanol–water partition coefficient (Wildman–Crippen LogP) is 5.39. The van der Waals surface area contributed by atoms with E-state index < -0.39 is 0 Å². The molecular formula is C24H26N4O2. The molecule has 0 spiro atoms. The normalized spacial score (nSPS) is 14.8. The van der Waals surface area contributed by atoms with Gasteiger partial charge in [-0.2, -0.15) is 0 Å². The van der Waals surface area contributed by atoms with Crippen LogP contribution in [0, 0.1) is 6.92 Å². The van der Waals surface area contributed by atoms with Gasteiger partial charge in [0.15, 0.2) is 11.5 Å². The van der Waals surface area contributed by atoms with E-state index in [2.05, 4.69) is 15.3 Å². The minimum Gasteiger partial charge on any atom is -0.490 e. The Balaban J connectivity index is 1.72. The molecule has 154 valence electrons. The largest absolute Gasteiger partial charge is 0.490 e. The number of para-hydroxylation sites is 2. The lowest BCUT2D eigenvalue weighted by molar-refractivity contribution is 0.290. The number of benzene rings is 1. The van der Waals surface area contributed by atoms with E-state index in [1.165, 1.54) is 0 Å². The highest BCUT2D eigenvalue weighted by Crippen LogP contribution is 2.32. The van der Waals surface area contributed by atoms with E-state index in [1.54, 1.807) is 6.20 Å². The van der Waals surface area contributed by atoms with Gasteiger partial charge in [0.2, 0.25) is 5.88 Å². The van der Waals surface area contributed by atoms with Crippen LogP contribution in [0.2, 0.25) is 0 Å². The number of amidine groups is 1. The van der Waals surface area contributed by atoms with Crippen LogP contribution in [0.15, 0.2) is 65.8 Å². The van der Waals surface area contributed by atoms with Gasteiger partial charge in [0.05, 0.1) is 12.2 Å². The van der Waals surface area contributed by atoms with Crippen LogP contribution < -0.4 is 14.8 Å². The van der Waals surface area contributed by atoms with Crippen molar-refractivity contribution in [3.8, 4) is 17.4 Å². The van der Waals surface area contributed by atoms with Crippen LogP contribution in [0.5, 0.6) is 17.4 Å². The molecule has 3 aromatic rings. The zero-order chi connectivity index (χ0) is 20.6. The monoisotopic (exact) mass is 402 g/mol. The average Bonchev–Trinajstić information content (AvgIpc) is 2.76. The number of fused-ring (bicyclic) bond motifs is 2. The molecule has 0 atom stereocenters. The molecule has 2 aromatic heterocycles. The average molecular weight is 402 g/mol. The highest BCUT2D eigenvalue weighted by molar-refractivity contribution is 6.09. The molecule has 1 aliphatic heterocycles. The number of pyridine rings is 2. The minimum atomic E-state index is 0.476. The SMILES string of the molecule is Cc1cccc(NC2=NCCCCCCOc3ccccc3Oc3ncccc32)n1. The van der Waals surface area contributed by atoms with Gasteiger partial charge in [0.1, 0.15) is 11.7 Å². The molecular weight excluding hydrogens is 376 g/mol. The minimum absolute atomic E-state index is 0.476. The van der Waals surface area contributed by atoms with Crippen LogP contribution in [-0.2, 0) is 0 Å². The highest BCUT2D eigenvalue weighted by atomic mass is 16.5. The molecule has 30 heavy (non-hydrogen) atoms.